The number of nitrogens with zero attached hydrogens (tertiary/aromatic N) is 5. The maximum absolute atomic E-state index is 13.1. The van der Waals surface area contributed by atoms with Gasteiger partial charge in [0.2, 0.25) is 0 Å². The van der Waals surface area contributed by atoms with Crippen LogP contribution < -0.4 is 15.4 Å². The van der Waals surface area contributed by atoms with Gasteiger partial charge in [0.05, 0.1) is 53.8 Å². The lowest BCUT2D eigenvalue weighted by Gasteiger charge is -2.17. The predicted octanol–water partition coefficient (Wildman–Crippen LogP) is 5.86. The van der Waals surface area contributed by atoms with Crippen molar-refractivity contribution < 1.29 is 17.9 Å². The smallest absolute Gasteiger partial charge is 0.180 e. The van der Waals surface area contributed by atoms with Crippen LogP contribution in [0.1, 0.15) is 27.7 Å². The highest BCUT2D eigenvalue weighted by Crippen LogP contribution is 2.38. The molecule has 0 atom stereocenters. The van der Waals surface area contributed by atoms with Crippen LogP contribution in [0.2, 0.25) is 0 Å². The molecule has 0 saturated heterocycles. The molecule has 0 saturated carbocycles. The Morgan fingerprint density at radius 2 is 1.85 bits per heavy atom. The molecule has 11 nitrogen and oxygen atoms in total. The summed E-state index contributed by atoms with van der Waals surface area (Å²) in [6.07, 6.45) is 10.1. The Morgan fingerprint density at radius 3 is 2.60 bits per heavy atom. The molecule has 4 aromatic heterocycles. The van der Waals surface area contributed by atoms with Gasteiger partial charge in [-0.2, -0.15) is 4.36 Å². The molecule has 0 bridgehead atoms. The van der Waals surface area contributed by atoms with Gasteiger partial charge < -0.3 is 20.4 Å². The summed E-state index contributed by atoms with van der Waals surface area (Å²) in [7, 11) is -0.909. The van der Waals surface area contributed by atoms with Crippen LogP contribution >= 0.6 is 0 Å². The fraction of sp³-hybridized carbons (Fsp3) is 0.179. The van der Waals surface area contributed by atoms with E-state index in [0.29, 0.717) is 40.0 Å². The van der Waals surface area contributed by atoms with Crippen LogP contribution in [0.4, 0.5) is 28.8 Å². The lowest BCUT2D eigenvalue weighted by atomic mass is 10.1. The molecular weight excluding hydrogens is 528 g/mol. The highest BCUT2D eigenvalue weighted by molar-refractivity contribution is 7.92. The van der Waals surface area contributed by atoms with E-state index in [0.717, 1.165) is 10.9 Å². The van der Waals surface area contributed by atoms with E-state index in [1.807, 2.05) is 18.3 Å². The monoisotopic (exact) mass is 559 g/mol. The van der Waals surface area contributed by atoms with Crippen LogP contribution in [0.15, 0.2) is 71.7 Å². The number of benzene rings is 1. The molecule has 0 fully saturated rings. The number of fused-ring (bicyclic) bond motifs is 1. The molecular formula is C28H28N8O3S. The molecule has 3 N–H and O–H groups in total. The number of carbonyl (C=O) groups is 1. The second kappa shape index (κ2) is 11.1. The fourth-order valence-corrected chi connectivity index (χ4v) is 4.57. The van der Waals surface area contributed by atoms with Crippen LogP contribution in [0.25, 0.3) is 22.2 Å². The quantitative estimate of drug-likeness (QED) is 0.189. The molecule has 0 amide bonds. The van der Waals surface area contributed by atoms with E-state index in [9.17, 15) is 9.00 Å². The first-order chi connectivity index (χ1) is 20.4. The van der Waals surface area contributed by atoms with Gasteiger partial charge in [-0.15, -0.1) is 0 Å². The Morgan fingerprint density at radius 1 is 1.02 bits per heavy atom. The average molecular weight is 560 g/mol. The van der Waals surface area contributed by atoms with Crippen molar-refractivity contribution in [2.45, 2.75) is 13.3 Å². The van der Waals surface area contributed by atoms with E-state index in [2.05, 4.69) is 39.9 Å². The van der Waals surface area contributed by atoms with Crippen molar-refractivity contribution in [3.8, 4) is 17.0 Å². The number of aromatic nitrogens is 5. The Balaban J connectivity index is 1.52. The number of Topliss-reactive ketones (excluding diaryl/α,β-unsaturated/α-hetero) is 1. The molecule has 40 heavy (non-hydrogen) atoms. The predicted molar refractivity (Wildman–Crippen MR) is 158 cm³/mol. The number of rotatable bonds is 9. The standard InChI is InChI=1S/C28H28N8O3S/c1-5-24(37)19-13-31-26(35-25-11-17-9-10-29-22(17)14-32-25)12-21(19)34-20-8-6-7-18(28(20)39-2)23-15-33-27(16-30-23)36-40(3,4)38/h6-16,29H,5H2,1-4H3,(H2,31,32,34,35)/i1D3. The van der Waals surface area contributed by atoms with Gasteiger partial charge in [-0.25, -0.2) is 19.2 Å². The fourth-order valence-electron chi connectivity index (χ4n) is 4.03. The van der Waals surface area contributed by atoms with Gasteiger partial charge in [0, 0.05) is 62.2 Å². The summed E-state index contributed by atoms with van der Waals surface area (Å²) in [6.45, 7) is -2.46. The number of hydrogen-bond donors (Lipinski definition) is 3. The van der Waals surface area contributed by atoms with Crippen LogP contribution in [0.5, 0.6) is 5.75 Å². The van der Waals surface area contributed by atoms with Crippen molar-refractivity contribution in [1.82, 2.24) is 24.9 Å². The zero-order valence-electron chi connectivity index (χ0n) is 24.9. The summed E-state index contributed by atoms with van der Waals surface area (Å²) in [5.41, 5.74) is 2.82. The third kappa shape index (κ3) is 5.91. The number of nitrogens with one attached hydrogen (secondary N) is 3. The SMILES string of the molecule is [2H]C([2H])([2H])CC(=O)c1cnc(Nc2cc3cc[nH]c3cn2)cc1Nc1cccc(-c2cnc(N=S(C)(C)=O)cn2)c1OC. The number of ketones is 1. The van der Waals surface area contributed by atoms with Crippen molar-refractivity contribution in [3.05, 3.63) is 72.9 Å². The topological polar surface area (TPSA) is 147 Å². The Bertz CT molecular complexity index is 1930. The van der Waals surface area contributed by atoms with Gasteiger partial charge in [0.15, 0.2) is 17.4 Å². The maximum atomic E-state index is 13.1. The Kier molecular flexibility index (Phi) is 6.41. The van der Waals surface area contributed by atoms with Crippen LogP contribution in [0.3, 0.4) is 0 Å². The van der Waals surface area contributed by atoms with E-state index in [1.165, 1.54) is 38.2 Å². The largest absolute Gasteiger partial charge is 0.494 e. The zero-order valence-corrected chi connectivity index (χ0v) is 22.7. The molecule has 4 heterocycles. The molecule has 0 unspecified atom stereocenters. The van der Waals surface area contributed by atoms with Crippen LogP contribution in [-0.2, 0) is 9.73 Å². The van der Waals surface area contributed by atoms with Crippen molar-refractivity contribution in [2.24, 2.45) is 4.36 Å². The minimum Gasteiger partial charge on any atom is -0.494 e. The summed E-state index contributed by atoms with van der Waals surface area (Å²) < 4.78 is 44.6. The molecule has 0 aliphatic carbocycles. The van der Waals surface area contributed by atoms with Crippen molar-refractivity contribution in [3.63, 3.8) is 0 Å². The number of para-hydroxylation sites is 1. The van der Waals surface area contributed by atoms with Gasteiger partial charge >= 0.3 is 0 Å². The van der Waals surface area contributed by atoms with E-state index in [1.54, 1.807) is 30.5 Å². The number of methoxy groups -OCH3 is 1. The van der Waals surface area contributed by atoms with Crippen molar-refractivity contribution >= 4 is 55.2 Å². The van der Waals surface area contributed by atoms with Crippen LogP contribution in [0, 0.1) is 0 Å². The number of H-pyrrole nitrogens is 1. The second-order valence-electron chi connectivity index (χ2n) is 9.02. The maximum Gasteiger partial charge on any atom is 0.180 e. The highest BCUT2D eigenvalue weighted by Gasteiger charge is 2.17. The van der Waals surface area contributed by atoms with Gasteiger partial charge in [-0.3, -0.25) is 9.78 Å². The first kappa shape index (κ1) is 23.1. The summed E-state index contributed by atoms with van der Waals surface area (Å²) in [5.74, 6) is 0.946. The van der Waals surface area contributed by atoms with Gasteiger partial charge in [0.1, 0.15) is 11.6 Å². The first-order valence-electron chi connectivity index (χ1n) is 13.6. The molecule has 5 rings (SSSR count). The summed E-state index contributed by atoms with van der Waals surface area (Å²) in [4.78, 5) is 33.6. The molecule has 204 valence electrons. The third-order valence-electron chi connectivity index (χ3n) is 5.77. The average Bonchev–Trinajstić information content (AvgIpc) is 3.40. The second-order valence-corrected chi connectivity index (χ2v) is 11.6. The minimum atomic E-state index is -2.46. The number of hydrogen-bond acceptors (Lipinski definition) is 10. The number of ether oxygens (including phenoxy) is 1. The van der Waals surface area contributed by atoms with Crippen molar-refractivity contribution in [2.75, 3.05) is 30.3 Å². The normalized spacial score (nSPS) is 12.7. The summed E-state index contributed by atoms with van der Waals surface area (Å²) >= 11 is 0. The molecule has 12 heteroatoms. The van der Waals surface area contributed by atoms with E-state index in [4.69, 9.17) is 8.85 Å². The molecule has 0 spiro atoms. The Labute approximate surface area is 235 Å². The van der Waals surface area contributed by atoms with E-state index in [-0.39, 0.29) is 11.4 Å². The van der Waals surface area contributed by atoms with Gasteiger partial charge in [-0.05, 0) is 24.3 Å². The number of anilines is 4. The minimum absolute atomic E-state index is 0.0941. The molecule has 5 aromatic rings. The van der Waals surface area contributed by atoms with E-state index >= 15 is 0 Å². The molecule has 0 aliphatic rings. The lowest BCUT2D eigenvalue weighted by Crippen LogP contribution is -2.07. The highest BCUT2D eigenvalue weighted by atomic mass is 32.2. The Hall–Kier alpha value is -4.84. The third-order valence-corrected chi connectivity index (χ3v) is 6.40. The number of carbonyl (C=O) groups excluding carboxylic acids is 1. The van der Waals surface area contributed by atoms with Gasteiger partial charge in [-0.1, -0.05) is 12.9 Å². The zero-order chi connectivity index (χ0) is 30.8. The van der Waals surface area contributed by atoms with Crippen LogP contribution in [-0.4, -0.2) is 54.5 Å². The molecule has 0 aliphatic heterocycles. The first-order valence-corrected chi connectivity index (χ1v) is 14.4. The molecule has 0 radical (unpaired) electrons. The van der Waals surface area contributed by atoms with Gasteiger partial charge in [0.25, 0.3) is 0 Å². The number of aromatic amines is 1. The molecule has 1 aromatic carbocycles. The lowest BCUT2D eigenvalue weighted by molar-refractivity contribution is 0.0988. The summed E-state index contributed by atoms with van der Waals surface area (Å²) in [6, 6.07) is 10.7. The van der Waals surface area contributed by atoms with Crippen molar-refractivity contribution in [1.29, 1.82) is 0 Å². The number of pyridine rings is 2. The van der Waals surface area contributed by atoms with E-state index < -0.39 is 28.8 Å². The summed E-state index contributed by atoms with van der Waals surface area (Å²) in [5, 5.41) is 7.31.